The Kier molecular flexibility index (Phi) is 5.57. The first kappa shape index (κ1) is 17.2. The van der Waals surface area contributed by atoms with Gasteiger partial charge in [-0.2, -0.15) is 0 Å². The van der Waals surface area contributed by atoms with E-state index in [1.54, 1.807) is 6.20 Å². The van der Waals surface area contributed by atoms with Gasteiger partial charge in [0.25, 0.3) is 0 Å². The monoisotopic (exact) mass is 350 g/mol. The van der Waals surface area contributed by atoms with E-state index in [1.165, 1.54) is 24.8 Å². The molecule has 0 aliphatic carbocycles. The smallest absolute Gasteiger partial charge is 0.171 e. The van der Waals surface area contributed by atoms with Crippen molar-refractivity contribution in [3.63, 3.8) is 0 Å². The van der Waals surface area contributed by atoms with Crippen LogP contribution in [-0.2, 0) is 11.3 Å². The van der Waals surface area contributed by atoms with Gasteiger partial charge in [-0.3, -0.25) is 14.8 Å². The first-order valence-electron chi connectivity index (χ1n) is 9.50. The molecule has 4 rings (SSSR count). The van der Waals surface area contributed by atoms with Gasteiger partial charge in [0.1, 0.15) is 5.69 Å². The van der Waals surface area contributed by atoms with Crippen LogP contribution in [0, 0.1) is 5.92 Å². The number of nitrogens with zero attached hydrogens (tertiary/aromatic N) is 3. The van der Waals surface area contributed by atoms with Gasteiger partial charge < -0.3 is 4.90 Å². The van der Waals surface area contributed by atoms with Crippen molar-refractivity contribution >= 4 is 5.84 Å². The van der Waals surface area contributed by atoms with Crippen molar-refractivity contribution < 1.29 is 4.84 Å². The van der Waals surface area contributed by atoms with Crippen molar-refractivity contribution in [2.45, 2.75) is 25.3 Å². The van der Waals surface area contributed by atoms with Crippen LogP contribution >= 0.6 is 0 Å². The van der Waals surface area contributed by atoms with E-state index in [0.717, 1.165) is 37.1 Å². The molecule has 136 valence electrons. The summed E-state index contributed by atoms with van der Waals surface area (Å²) in [4.78, 5) is 17.2. The zero-order chi connectivity index (χ0) is 17.6. The molecule has 1 aromatic carbocycles. The van der Waals surface area contributed by atoms with Crippen LogP contribution in [0.15, 0.2) is 59.7 Å². The van der Waals surface area contributed by atoms with Crippen molar-refractivity contribution in [1.29, 1.82) is 0 Å². The van der Waals surface area contributed by atoms with Crippen molar-refractivity contribution in [3.05, 3.63) is 66.0 Å². The highest BCUT2D eigenvalue weighted by molar-refractivity contribution is 5.96. The van der Waals surface area contributed by atoms with E-state index in [0.29, 0.717) is 6.61 Å². The molecule has 0 amide bonds. The summed E-state index contributed by atoms with van der Waals surface area (Å²) in [7, 11) is 0. The predicted molar refractivity (Wildman–Crippen MR) is 103 cm³/mol. The summed E-state index contributed by atoms with van der Waals surface area (Å²) in [5.41, 5.74) is 5.20. The second-order valence-corrected chi connectivity index (χ2v) is 7.19. The normalized spacial score (nSPS) is 21.8. The standard InChI is InChI=1S/C21H26N4O/c1-2-6-17(7-3-1)14-18-9-12-25(13-10-18)15-19-16-26-24-21(23-19)20-8-4-5-11-22-20/h1-8,11,18-19H,9-10,12-16H2,(H,23,24). The summed E-state index contributed by atoms with van der Waals surface area (Å²) in [6.45, 7) is 3.86. The van der Waals surface area contributed by atoms with Crippen molar-refractivity contribution in [2.75, 3.05) is 26.2 Å². The lowest BCUT2D eigenvalue weighted by atomic mass is 9.90. The topological polar surface area (TPSA) is 49.8 Å². The van der Waals surface area contributed by atoms with Gasteiger partial charge in [0.15, 0.2) is 5.84 Å². The zero-order valence-corrected chi connectivity index (χ0v) is 15.1. The number of nitrogens with one attached hydrogen (secondary N) is 1. The van der Waals surface area contributed by atoms with E-state index >= 15 is 0 Å². The molecule has 1 N–H and O–H groups in total. The minimum Gasteiger partial charge on any atom is -0.301 e. The fourth-order valence-corrected chi connectivity index (χ4v) is 3.79. The van der Waals surface area contributed by atoms with Crippen LogP contribution in [0.1, 0.15) is 24.1 Å². The number of aliphatic imine (C=N–C) groups is 1. The number of aromatic nitrogens is 1. The van der Waals surface area contributed by atoms with E-state index in [9.17, 15) is 0 Å². The largest absolute Gasteiger partial charge is 0.301 e. The summed E-state index contributed by atoms with van der Waals surface area (Å²) in [6, 6.07) is 16.8. The number of hydrogen-bond donors (Lipinski definition) is 1. The van der Waals surface area contributed by atoms with Crippen molar-refractivity contribution in [1.82, 2.24) is 15.4 Å². The number of pyridine rings is 1. The molecule has 0 radical (unpaired) electrons. The molecule has 1 saturated heterocycles. The van der Waals surface area contributed by atoms with Gasteiger partial charge in [-0.05, 0) is 56.0 Å². The summed E-state index contributed by atoms with van der Waals surface area (Å²) in [5, 5.41) is 0. The lowest BCUT2D eigenvalue weighted by molar-refractivity contribution is 0.0491. The third-order valence-electron chi connectivity index (χ3n) is 5.21. The van der Waals surface area contributed by atoms with Gasteiger partial charge in [-0.15, -0.1) is 0 Å². The van der Waals surface area contributed by atoms with Gasteiger partial charge in [0, 0.05) is 12.7 Å². The van der Waals surface area contributed by atoms with Crippen LogP contribution in [0.25, 0.3) is 0 Å². The van der Waals surface area contributed by atoms with Gasteiger partial charge in [-0.25, -0.2) is 5.48 Å². The fraction of sp³-hybridized carbons (Fsp3) is 0.429. The van der Waals surface area contributed by atoms with Crippen LogP contribution in [0.2, 0.25) is 0 Å². The molecular weight excluding hydrogens is 324 g/mol. The van der Waals surface area contributed by atoms with Crippen LogP contribution in [0.3, 0.4) is 0 Å². The third kappa shape index (κ3) is 4.48. The lowest BCUT2D eigenvalue weighted by Crippen LogP contribution is -2.44. The second-order valence-electron chi connectivity index (χ2n) is 7.19. The van der Waals surface area contributed by atoms with Crippen LogP contribution in [0.4, 0.5) is 0 Å². The number of likely N-dealkylation sites (tertiary alicyclic amines) is 1. The molecule has 2 aromatic rings. The van der Waals surface area contributed by atoms with E-state index in [2.05, 4.69) is 45.7 Å². The Morgan fingerprint density at radius 3 is 2.62 bits per heavy atom. The Labute approximate surface area is 155 Å². The van der Waals surface area contributed by atoms with E-state index in [-0.39, 0.29) is 6.04 Å². The van der Waals surface area contributed by atoms with Gasteiger partial charge in [0.05, 0.1) is 12.6 Å². The van der Waals surface area contributed by atoms with Crippen LogP contribution < -0.4 is 5.48 Å². The first-order chi connectivity index (χ1) is 12.9. The Morgan fingerprint density at radius 2 is 1.85 bits per heavy atom. The number of benzene rings is 1. The summed E-state index contributed by atoms with van der Waals surface area (Å²) >= 11 is 0. The average molecular weight is 350 g/mol. The molecule has 1 aromatic heterocycles. The Morgan fingerprint density at radius 1 is 1.04 bits per heavy atom. The molecule has 0 saturated carbocycles. The van der Waals surface area contributed by atoms with E-state index < -0.39 is 0 Å². The summed E-state index contributed by atoms with van der Waals surface area (Å²) in [5.74, 6) is 1.53. The molecule has 1 unspecified atom stereocenters. The summed E-state index contributed by atoms with van der Waals surface area (Å²) < 4.78 is 0. The number of amidine groups is 1. The predicted octanol–water partition coefficient (Wildman–Crippen LogP) is 2.69. The zero-order valence-electron chi connectivity index (χ0n) is 15.1. The van der Waals surface area contributed by atoms with Crippen LogP contribution in [-0.4, -0.2) is 48.0 Å². The molecular formula is C21H26N4O. The second kappa shape index (κ2) is 8.43. The molecule has 2 aliphatic heterocycles. The maximum Gasteiger partial charge on any atom is 0.171 e. The molecule has 1 fully saturated rings. The lowest BCUT2D eigenvalue weighted by Gasteiger charge is -2.34. The number of rotatable bonds is 5. The summed E-state index contributed by atoms with van der Waals surface area (Å²) in [6.07, 6.45) is 5.50. The highest BCUT2D eigenvalue weighted by atomic mass is 16.6. The van der Waals surface area contributed by atoms with Gasteiger partial charge in [-0.1, -0.05) is 36.4 Å². The SMILES string of the molecule is c1ccc(CC2CCN(CC3CONC(c4ccccn4)=N3)CC2)cc1. The van der Waals surface area contributed by atoms with E-state index in [1.807, 2.05) is 18.2 Å². The van der Waals surface area contributed by atoms with Crippen molar-refractivity contribution in [3.8, 4) is 0 Å². The minimum atomic E-state index is 0.166. The number of hydrogen-bond acceptors (Lipinski definition) is 5. The van der Waals surface area contributed by atoms with Crippen molar-refractivity contribution in [2.24, 2.45) is 10.9 Å². The highest BCUT2D eigenvalue weighted by Crippen LogP contribution is 2.22. The number of hydroxylamine groups is 1. The molecule has 1 atom stereocenters. The quantitative estimate of drug-likeness (QED) is 0.901. The molecule has 3 heterocycles. The Bertz CT molecular complexity index is 711. The molecule has 26 heavy (non-hydrogen) atoms. The van der Waals surface area contributed by atoms with Gasteiger partial charge in [0.2, 0.25) is 0 Å². The Balaban J connectivity index is 1.29. The average Bonchev–Trinajstić information content (AvgIpc) is 2.71. The first-order valence-corrected chi connectivity index (χ1v) is 9.50. The fourth-order valence-electron chi connectivity index (χ4n) is 3.79. The van der Waals surface area contributed by atoms with E-state index in [4.69, 9.17) is 9.83 Å². The van der Waals surface area contributed by atoms with Crippen LogP contribution in [0.5, 0.6) is 0 Å². The molecule has 5 heteroatoms. The number of piperidine rings is 1. The van der Waals surface area contributed by atoms with Gasteiger partial charge >= 0.3 is 0 Å². The molecule has 5 nitrogen and oxygen atoms in total. The highest BCUT2D eigenvalue weighted by Gasteiger charge is 2.24. The third-order valence-corrected chi connectivity index (χ3v) is 5.21. The molecule has 0 spiro atoms. The Hall–Kier alpha value is -2.24. The maximum atomic E-state index is 5.54. The molecule has 2 aliphatic rings. The minimum absolute atomic E-state index is 0.166. The maximum absolute atomic E-state index is 5.54. The molecule has 0 bridgehead atoms.